The molecule has 112 valence electrons. The van der Waals surface area contributed by atoms with Gasteiger partial charge in [-0.3, -0.25) is 9.00 Å². The SMILES string of the molecule is CCC(CC)NC(=O)C(C)S(=O)c1cc(N)ccc1Cl. The van der Waals surface area contributed by atoms with Gasteiger partial charge in [0.25, 0.3) is 0 Å². The van der Waals surface area contributed by atoms with Gasteiger partial charge >= 0.3 is 0 Å². The summed E-state index contributed by atoms with van der Waals surface area (Å²) in [6, 6.07) is 4.89. The monoisotopic (exact) mass is 316 g/mol. The Bertz CT molecular complexity index is 504. The number of hydrogen-bond acceptors (Lipinski definition) is 3. The highest BCUT2D eigenvalue weighted by molar-refractivity contribution is 7.86. The lowest BCUT2D eigenvalue weighted by Crippen LogP contribution is -2.41. The first kappa shape index (κ1) is 17.0. The van der Waals surface area contributed by atoms with E-state index in [0.29, 0.717) is 15.6 Å². The first-order valence-electron chi connectivity index (χ1n) is 6.66. The van der Waals surface area contributed by atoms with Crippen molar-refractivity contribution in [2.45, 2.75) is 49.8 Å². The average Bonchev–Trinajstić information content (AvgIpc) is 2.45. The fraction of sp³-hybridized carbons (Fsp3) is 0.500. The highest BCUT2D eigenvalue weighted by Gasteiger charge is 2.24. The number of nitrogens with one attached hydrogen (secondary N) is 1. The quantitative estimate of drug-likeness (QED) is 0.793. The van der Waals surface area contributed by atoms with Crippen LogP contribution in [-0.4, -0.2) is 21.4 Å². The average molecular weight is 317 g/mol. The Morgan fingerprint density at radius 1 is 1.40 bits per heavy atom. The molecule has 0 radical (unpaired) electrons. The predicted octanol–water partition coefficient (Wildman–Crippen LogP) is 2.72. The first-order chi connectivity index (χ1) is 9.40. The van der Waals surface area contributed by atoms with Gasteiger partial charge in [0.1, 0.15) is 5.25 Å². The second-order valence-corrected chi connectivity index (χ2v) is 6.80. The number of amides is 1. The highest BCUT2D eigenvalue weighted by atomic mass is 35.5. The minimum Gasteiger partial charge on any atom is -0.399 e. The van der Waals surface area contributed by atoms with Crippen molar-refractivity contribution in [1.29, 1.82) is 0 Å². The molecule has 2 atom stereocenters. The van der Waals surface area contributed by atoms with Crippen LogP contribution in [0, 0.1) is 0 Å². The van der Waals surface area contributed by atoms with Gasteiger partial charge in [-0.25, -0.2) is 0 Å². The Morgan fingerprint density at radius 2 is 2.00 bits per heavy atom. The van der Waals surface area contributed by atoms with E-state index in [1.807, 2.05) is 13.8 Å². The standard InChI is InChI=1S/C14H21ClN2O2S/c1-4-11(5-2)17-14(18)9(3)20(19)13-8-10(16)6-7-12(13)15/h6-9,11H,4-5,16H2,1-3H3,(H,17,18). The van der Waals surface area contributed by atoms with E-state index in [4.69, 9.17) is 17.3 Å². The molecule has 1 rings (SSSR count). The molecule has 0 heterocycles. The third-order valence-corrected chi connectivity index (χ3v) is 5.26. The summed E-state index contributed by atoms with van der Waals surface area (Å²) in [5, 5.41) is 2.58. The van der Waals surface area contributed by atoms with E-state index in [1.165, 1.54) is 0 Å². The maximum Gasteiger partial charge on any atom is 0.236 e. The predicted molar refractivity (Wildman–Crippen MR) is 84.2 cm³/mol. The van der Waals surface area contributed by atoms with E-state index < -0.39 is 16.0 Å². The molecular weight excluding hydrogens is 296 g/mol. The number of nitrogen functional groups attached to an aromatic ring is 1. The minimum absolute atomic E-state index is 0.110. The number of carbonyl (C=O) groups excluding carboxylic acids is 1. The molecule has 3 N–H and O–H groups in total. The number of nitrogens with two attached hydrogens (primary N) is 1. The molecule has 0 fully saturated rings. The van der Waals surface area contributed by atoms with Gasteiger partial charge in [-0.1, -0.05) is 25.4 Å². The molecule has 20 heavy (non-hydrogen) atoms. The molecule has 0 aliphatic heterocycles. The van der Waals surface area contributed by atoms with Crippen LogP contribution in [0.25, 0.3) is 0 Å². The second-order valence-electron chi connectivity index (χ2n) is 4.65. The molecule has 0 aromatic heterocycles. The summed E-state index contributed by atoms with van der Waals surface area (Å²) in [6.07, 6.45) is 1.70. The molecule has 1 amide bonds. The maximum atomic E-state index is 12.4. The van der Waals surface area contributed by atoms with E-state index in [2.05, 4.69) is 5.32 Å². The lowest BCUT2D eigenvalue weighted by atomic mass is 10.2. The maximum absolute atomic E-state index is 12.4. The number of benzene rings is 1. The van der Waals surface area contributed by atoms with E-state index in [-0.39, 0.29) is 11.9 Å². The molecule has 0 aliphatic rings. The number of halogens is 1. The Balaban J connectivity index is 2.85. The molecule has 0 saturated carbocycles. The number of hydrogen-bond donors (Lipinski definition) is 2. The molecule has 1 aromatic carbocycles. The van der Waals surface area contributed by atoms with Crippen LogP contribution >= 0.6 is 11.6 Å². The number of anilines is 1. The lowest BCUT2D eigenvalue weighted by molar-refractivity contribution is -0.121. The Morgan fingerprint density at radius 3 is 2.55 bits per heavy atom. The Hall–Kier alpha value is -1.07. The number of rotatable bonds is 6. The van der Waals surface area contributed by atoms with Gasteiger partial charge in [-0.15, -0.1) is 0 Å². The third-order valence-electron chi connectivity index (χ3n) is 3.19. The van der Waals surface area contributed by atoms with Gasteiger partial charge in [0.05, 0.1) is 20.7 Å². The van der Waals surface area contributed by atoms with Crippen molar-refractivity contribution in [3.05, 3.63) is 23.2 Å². The molecule has 4 nitrogen and oxygen atoms in total. The summed E-state index contributed by atoms with van der Waals surface area (Å²) in [7, 11) is -1.52. The Labute approximate surface area is 127 Å². The highest BCUT2D eigenvalue weighted by Crippen LogP contribution is 2.24. The van der Waals surface area contributed by atoms with Crippen LogP contribution in [0.1, 0.15) is 33.6 Å². The van der Waals surface area contributed by atoms with E-state index in [1.54, 1.807) is 25.1 Å². The van der Waals surface area contributed by atoms with Crippen molar-refractivity contribution in [3.63, 3.8) is 0 Å². The summed E-state index contributed by atoms with van der Waals surface area (Å²) >= 11 is 6.02. The summed E-state index contributed by atoms with van der Waals surface area (Å²) in [5.41, 5.74) is 6.15. The van der Waals surface area contributed by atoms with Crippen molar-refractivity contribution < 1.29 is 9.00 Å². The molecule has 0 aliphatic carbocycles. The van der Waals surface area contributed by atoms with Crippen LogP contribution in [0.4, 0.5) is 5.69 Å². The zero-order valence-electron chi connectivity index (χ0n) is 12.0. The largest absolute Gasteiger partial charge is 0.399 e. The molecule has 0 saturated heterocycles. The van der Waals surface area contributed by atoms with Crippen LogP contribution in [0.5, 0.6) is 0 Å². The van der Waals surface area contributed by atoms with Crippen LogP contribution in [0.15, 0.2) is 23.1 Å². The van der Waals surface area contributed by atoms with E-state index in [0.717, 1.165) is 12.8 Å². The smallest absolute Gasteiger partial charge is 0.236 e. The van der Waals surface area contributed by atoms with Gasteiger partial charge in [-0.05, 0) is 38.0 Å². The Kier molecular flexibility index (Phi) is 6.49. The van der Waals surface area contributed by atoms with Crippen molar-refractivity contribution >= 4 is 34.0 Å². The normalized spacial score (nSPS) is 14.1. The molecular formula is C14H21ClN2O2S. The molecule has 2 unspecified atom stereocenters. The summed E-state index contributed by atoms with van der Waals surface area (Å²) in [5.74, 6) is -0.226. The third kappa shape index (κ3) is 4.21. The van der Waals surface area contributed by atoms with E-state index >= 15 is 0 Å². The minimum atomic E-state index is -1.52. The number of carbonyl (C=O) groups is 1. The summed E-state index contributed by atoms with van der Waals surface area (Å²) < 4.78 is 12.4. The second kappa shape index (κ2) is 7.64. The van der Waals surface area contributed by atoms with Gasteiger partial charge in [0, 0.05) is 11.7 Å². The fourth-order valence-corrected chi connectivity index (χ4v) is 3.27. The molecule has 6 heteroatoms. The van der Waals surface area contributed by atoms with Gasteiger partial charge < -0.3 is 11.1 Å². The van der Waals surface area contributed by atoms with Crippen LogP contribution in [0.3, 0.4) is 0 Å². The molecule has 1 aromatic rings. The van der Waals surface area contributed by atoms with E-state index in [9.17, 15) is 9.00 Å². The summed E-state index contributed by atoms with van der Waals surface area (Å²) in [6.45, 7) is 5.64. The van der Waals surface area contributed by atoms with Gasteiger partial charge in [0.2, 0.25) is 5.91 Å². The topological polar surface area (TPSA) is 72.2 Å². The summed E-state index contributed by atoms with van der Waals surface area (Å²) in [4.78, 5) is 12.5. The van der Waals surface area contributed by atoms with Crippen molar-refractivity contribution in [2.75, 3.05) is 5.73 Å². The van der Waals surface area contributed by atoms with Crippen molar-refractivity contribution in [2.24, 2.45) is 0 Å². The first-order valence-corrected chi connectivity index (χ1v) is 8.25. The fourth-order valence-electron chi connectivity index (χ4n) is 1.77. The van der Waals surface area contributed by atoms with Gasteiger partial charge in [-0.2, -0.15) is 0 Å². The van der Waals surface area contributed by atoms with Crippen molar-refractivity contribution in [1.82, 2.24) is 5.32 Å². The lowest BCUT2D eigenvalue weighted by Gasteiger charge is -2.18. The van der Waals surface area contributed by atoms with Crippen LogP contribution in [0.2, 0.25) is 5.02 Å². The van der Waals surface area contributed by atoms with Crippen LogP contribution < -0.4 is 11.1 Å². The molecule has 0 bridgehead atoms. The molecule has 0 spiro atoms. The van der Waals surface area contributed by atoms with Crippen LogP contribution in [-0.2, 0) is 15.6 Å². The van der Waals surface area contributed by atoms with Crippen molar-refractivity contribution in [3.8, 4) is 0 Å². The zero-order chi connectivity index (χ0) is 15.3. The van der Waals surface area contributed by atoms with Gasteiger partial charge in [0.15, 0.2) is 0 Å². The zero-order valence-corrected chi connectivity index (χ0v) is 13.6.